The molecular weight excluding hydrogens is 584 g/mol. The number of anilines is 1. The Morgan fingerprint density at radius 3 is 2.58 bits per heavy atom. The van der Waals surface area contributed by atoms with E-state index < -0.39 is 27.3 Å². The maximum Gasteiger partial charge on any atom is 0.264 e. The number of ether oxygens (including phenoxy) is 1. The number of nitrogens with one attached hydrogen (secondary N) is 1. The Balaban J connectivity index is 1.38. The SMILES string of the molecule is C[C@@H]1C/C=C/[C@H](O)[C@@H]2CC[C@H]2CN2CCCCc3cc(Cl)ccc3COc3ccc(cc32)C(=O)NS(=O)(=O)[C@H]1C1CCC1. The molecule has 2 aromatic carbocycles. The second kappa shape index (κ2) is 12.8. The molecule has 2 aromatic rings. The molecular formula is C34H43ClN2O5S. The van der Waals surface area contributed by atoms with Gasteiger partial charge in [0.25, 0.3) is 5.91 Å². The van der Waals surface area contributed by atoms with Crippen LogP contribution >= 0.6 is 11.6 Å². The molecule has 0 saturated heterocycles. The molecule has 9 heteroatoms. The molecule has 43 heavy (non-hydrogen) atoms. The fourth-order valence-corrected chi connectivity index (χ4v) is 9.60. The molecule has 2 heterocycles. The van der Waals surface area contributed by atoms with Crippen molar-refractivity contribution in [2.24, 2.45) is 23.7 Å². The highest BCUT2D eigenvalue weighted by Crippen LogP contribution is 2.42. The van der Waals surface area contributed by atoms with Gasteiger partial charge in [0, 0.05) is 23.7 Å². The predicted molar refractivity (Wildman–Crippen MR) is 170 cm³/mol. The van der Waals surface area contributed by atoms with Gasteiger partial charge >= 0.3 is 0 Å². The fourth-order valence-electron chi connectivity index (χ4n) is 7.39. The lowest BCUT2D eigenvalue weighted by Gasteiger charge is -2.42. The first-order valence-corrected chi connectivity index (χ1v) is 17.8. The quantitative estimate of drug-likeness (QED) is 0.362. The van der Waals surface area contributed by atoms with Crippen LogP contribution in [0.5, 0.6) is 5.75 Å². The first-order valence-electron chi connectivity index (χ1n) is 15.9. The third-order valence-electron chi connectivity index (χ3n) is 10.2. The van der Waals surface area contributed by atoms with E-state index in [9.17, 15) is 18.3 Å². The van der Waals surface area contributed by atoms with Crippen LogP contribution < -0.4 is 14.4 Å². The van der Waals surface area contributed by atoms with Gasteiger partial charge in [0.1, 0.15) is 12.4 Å². The summed E-state index contributed by atoms with van der Waals surface area (Å²) in [6.45, 7) is 3.80. The van der Waals surface area contributed by atoms with Crippen LogP contribution in [0.3, 0.4) is 0 Å². The molecule has 1 amide bonds. The molecule has 0 radical (unpaired) electrons. The van der Waals surface area contributed by atoms with Crippen LogP contribution in [0.2, 0.25) is 5.02 Å². The van der Waals surface area contributed by atoms with Crippen LogP contribution in [0.4, 0.5) is 5.69 Å². The normalized spacial score (nSPS) is 30.6. The summed E-state index contributed by atoms with van der Waals surface area (Å²) in [5.74, 6) is 0.347. The van der Waals surface area contributed by atoms with E-state index in [4.69, 9.17) is 16.3 Å². The number of allylic oxidation sites excluding steroid dienone is 1. The van der Waals surface area contributed by atoms with Crippen molar-refractivity contribution in [2.45, 2.75) is 82.7 Å². The fraction of sp³-hybridized carbons (Fsp3) is 0.559. The number of carbonyl (C=O) groups is 1. The van der Waals surface area contributed by atoms with Crippen LogP contribution in [0, 0.1) is 23.7 Å². The molecule has 7 nitrogen and oxygen atoms in total. The van der Waals surface area contributed by atoms with Gasteiger partial charge in [-0.2, -0.15) is 0 Å². The van der Waals surface area contributed by atoms with E-state index in [0.717, 1.165) is 75.7 Å². The van der Waals surface area contributed by atoms with Crippen molar-refractivity contribution < 1.29 is 23.1 Å². The first-order chi connectivity index (χ1) is 20.7. The third-order valence-corrected chi connectivity index (χ3v) is 12.5. The van der Waals surface area contributed by atoms with E-state index in [1.54, 1.807) is 18.2 Å². The zero-order valence-corrected chi connectivity index (χ0v) is 26.5. The maximum atomic E-state index is 13.7. The second-order valence-electron chi connectivity index (χ2n) is 13.1. The summed E-state index contributed by atoms with van der Waals surface area (Å²) < 4.78 is 36.3. The van der Waals surface area contributed by atoms with Crippen molar-refractivity contribution in [3.8, 4) is 5.75 Å². The summed E-state index contributed by atoms with van der Waals surface area (Å²) in [6, 6.07) is 11.2. The Hall–Kier alpha value is -2.55. The number of sulfonamides is 1. The zero-order chi connectivity index (χ0) is 30.1. The average molecular weight is 627 g/mol. The topological polar surface area (TPSA) is 95.9 Å². The molecule has 2 saturated carbocycles. The molecule has 0 spiro atoms. The number of aliphatic hydroxyl groups is 1. The van der Waals surface area contributed by atoms with Crippen LogP contribution in [0.1, 0.15) is 79.8 Å². The summed E-state index contributed by atoms with van der Waals surface area (Å²) in [6.07, 6.45) is 11.3. The van der Waals surface area contributed by atoms with Gasteiger partial charge < -0.3 is 14.7 Å². The number of benzene rings is 2. The number of hydrogen-bond acceptors (Lipinski definition) is 6. The average Bonchev–Trinajstić information content (AvgIpc) is 2.95. The predicted octanol–water partition coefficient (Wildman–Crippen LogP) is 6.27. The zero-order valence-electron chi connectivity index (χ0n) is 24.9. The van der Waals surface area contributed by atoms with E-state index in [1.165, 1.54) is 5.56 Å². The molecule has 2 aliphatic carbocycles. The van der Waals surface area contributed by atoms with Gasteiger partial charge in [-0.15, -0.1) is 0 Å². The van der Waals surface area contributed by atoms with E-state index in [2.05, 4.69) is 9.62 Å². The summed E-state index contributed by atoms with van der Waals surface area (Å²) in [5, 5.41) is 11.2. The number of aryl methyl sites for hydroxylation is 1. The van der Waals surface area contributed by atoms with Gasteiger partial charge in [-0.1, -0.05) is 43.2 Å². The number of fused-ring (bicyclic) bond motifs is 3. The molecule has 2 aliphatic heterocycles. The molecule has 232 valence electrons. The molecule has 2 bridgehead atoms. The Kier molecular flexibility index (Phi) is 9.09. The van der Waals surface area contributed by atoms with Crippen molar-refractivity contribution >= 4 is 33.2 Å². The minimum Gasteiger partial charge on any atom is -0.487 e. The number of rotatable bonds is 1. The summed E-state index contributed by atoms with van der Waals surface area (Å²) >= 11 is 6.32. The van der Waals surface area contributed by atoms with Crippen molar-refractivity contribution in [2.75, 3.05) is 18.0 Å². The Morgan fingerprint density at radius 2 is 1.84 bits per heavy atom. The van der Waals surface area contributed by atoms with Gasteiger partial charge in [-0.3, -0.25) is 4.79 Å². The Bertz CT molecular complexity index is 1470. The minimum atomic E-state index is -3.93. The van der Waals surface area contributed by atoms with Crippen LogP contribution in [-0.4, -0.2) is 43.9 Å². The van der Waals surface area contributed by atoms with Crippen molar-refractivity contribution in [3.63, 3.8) is 0 Å². The maximum absolute atomic E-state index is 13.7. The van der Waals surface area contributed by atoms with Gasteiger partial charge in [0.2, 0.25) is 10.0 Å². The standard InChI is InChI=1S/C34H43ClN2O5S/c1-22-6-4-10-31(38)29-15-12-26(29)20-37-17-3-2-7-24-18-28(35)14-11-27(24)21-42-32-16-13-25(19-30(32)37)34(39)36-43(40,41)33(22)23-8-5-9-23/h4,10-11,13-14,16,18-19,22-23,26,29,31,33,38H,2-3,5-9,12,15,17,20-21H2,1H3,(H,36,39)/b10-4+/t22-,26+,29-,31+,33-/m1/s1. The third kappa shape index (κ3) is 6.62. The van der Waals surface area contributed by atoms with E-state index >= 15 is 0 Å². The highest BCUT2D eigenvalue weighted by Gasteiger charge is 2.42. The molecule has 6 rings (SSSR count). The van der Waals surface area contributed by atoms with Gasteiger partial charge in [0.05, 0.1) is 17.0 Å². The lowest BCUT2D eigenvalue weighted by Crippen LogP contribution is -2.47. The number of hydrogen-bond donors (Lipinski definition) is 2. The highest BCUT2D eigenvalue weighted by atomic mass is 35.5. The molecule has 4 aliphatic rings. The molecule has 5 atom stereocenters. The van der Waals surface area contributed by atoms with E-state index in [-0.39, 0.29) is 17.8 Å². The first kappa shape index (κ1) is 30.5. The second-order valence-corrected chi connectivity index (χ2v) is 15.3. The Labute approximate surface area is 260 Å². The summed E-state index contributed by atoms with van der Waals surface area (Å²) in [4.78, 5) is 15.9. The van der Waals surface area contributed by atoms with Crippen molar-refractivity contribution in [1.82, 2.24) is 4.72 Å². The number of aliphatic hydroxyl groups excluding tert-OH is 1. The molecule has 2 fully saturated rings. The molecule has 0 unspecified atom stereocenters. The largest absolute Gasteiger partial charge is 0.487 e. The van der Waals surface area contributed by atoms with Crippen LogP contribution in [0.25, 0.3) is 0 Å². The monoisotopic (exact) mass is 626 g/mol. The summed E-state index contributed by atoms with van der Waals surface area (Å²) in [5.41, 5.74) is 3.35. The van der Waals surface area contributed by atoms with Gasteiger partial charge in [0.15, 0.2) is 0 Å². The van der Waals surface area contributed by atoms with E-state index in [1.807, 2.05) is 37.3 Å². The lowest BCUT2D eigenvalue weighted by atomic mass is 9.70. The number of amides is 1. The number of carbonyl (C=O) groups excluding carboxylic acids is 1. The van der Waals surface area contributed by atoms with Crippen LogP contribution in [-0.2, 0) is 23.1 Å². The summed E-state index contributed by atoms with van der Waals surface area (Å²) in [7, 11) is -3.93. The smallest absolute Gasteiger partial charge is 0.264 e. The minimum absolute atomic E-state index is 0.0302. The Morgan fingerprint density at radius 1 is 1.00 bits per heavy atom. The molecule has 0 aromatic heterocycles. The lowest BCUT2D eigenvalue weighted by molar-refractivity contribution is 0.0460. The number of halogens is 1. The van der Waals surface area contributed by atoms with Crippen molar-refractivity contribution in [1.29, 1.82) is 0 Å². The van der Waals surface area contributed by atoms with Gasteiger partial charge in [-0.05, 0) is 116 Å². The highest BCUT2D eigenvalue weighted by molar-refractivity contribution is 7.90. The van der Waals surface area contributed by atoms with Crippen LogP contribution in [0.15, 0.2) is 48.6 Å². The molecule has 2 N–H and O–H groups in total. The number of nitrogens with zero attached hydrogens (tertiary/aromatic N) is 1. The van der Waals surface area contributed by atoms with Gasteiger partial charge in [-0.25, -0.2) is 13.1 Å². The van der Waals surface area contributed by atoms with E-state index in [0.29, 0.717) is 35.3 Å². The van der Waals surface area contributed by atoms with Crippen molar-refractivity contribution in [3.05, 3.63) is 70.3 Å².